The van der Waals surface area contributed by atoms with Crippen molar-refractivity contribution < 1.29 is 23.8 Å². The second-order valence-electron chi connectivity index (χ2n) is 7.38. The van der Waals surface area contributed by atoms with Crippen molar-refractivity contribution in [2.24, 2.45) is 0 Å². The Morgan fingerprint density at radius 1 is 1.06 bits per heavy atom. The number of halogens is 1. The SMILES string of the molecule is COc1cc(/C=C(/CCC(=O)O)c2nc3ccccc3s2)ccc1OCc1ccc(F)cc1. The fourth-order valence-electron chi connectivity index (χ4n) is 3.33. The van der Waals surface area contributed by atoms with Crippen LogP contribution in [-0.4, -0.2) is 23.2 Å². The summed E-state index contributed by atoms with van der Waals surface area (Å²) in [4.78, 5) is 15.9. The van der Waals surface area contributed by atoms with Crippen LogP contribution in [0, 0.1) is 5.82 Å². The number of carboxylic acids is 1. The molecule has 1 heterocycles. The summed E-state index contributed by atoms with van der Waals surface area (Å²) in [5.74, 6) is -0.0396. The number of para-hydroxylation sites is 1. The molecule has 4 rings (SSSR count). The van der Waals surface area contributed by atoms with Gasteiger partial charge in [0.25, 0.3) is 0 Å². The van der Waals surface area contributed by atoms with Gasteiger partial charge in [-0.25, -0.2) is 9.37 Å². The molecule has 4 aromatic rings. The topological polar surface area (TPSA) is 68.7 Å². The van der Waals surface area contributed by atoms with Crippen LogP contribution < -0.4 is 9.47 Å². The Balaban J connectivity index is 1.60. The maximum Gasteiger partial charge on any atom is 0.303 e. The lowest BCUT2D eigenvalue weighted by molar-refractivity contribution is -0.136. The number of hydrogen-bond donors (Lipinski definition) is 1. The minimum atomic E-state index is -0.857. The number of hydrogen-bond acceptors (Lipinski definition) is 5. The van der Waals surface area contributed by atoms with Gasteiger partial charge in [-0.3, -0.25) is 4.79 Å². The standard InChI is InChI=1S/C26H22FNO4S/c1-31-23-15-18(8-12-22(23)32-16-17-6-10-20(27)11-7-17)14-19(9-13-25(29)30)26-28-21-4-2-3-5-24(21)33-26/h2-8,10-12,14-15H,9,13,16H2,1H3,(H,29,30)/b19-14-. The minimum absolute atomic E-state index is 0.0117. The van der Waals surface area contributed by atoms with Crippen LogP contribution in [0.25, 0.3) is 21.9 Å². The second kappa shape index (κ2) is 10.3. The predicted molar refractivity (Wildman–Crippen MR) is 128 cm³/mol. The number of methoxy groups -OCH3 is 1. The number of carbonyl (C=O) groups is 1. The molecule has 0 amide bonds. The predicted octanol–water partition coefficient (Wildman–Crippen LogP) is 6.43. The van der Waals surface area contributed by atoms with E-state index in [4.69, 9.17) is 14.5 Å². The highest BCUT2D eigenvalue weighted by atomic mass is 32.1. The molecule has 0 fully saturated rings. The third-order valence-electron chi connectivity index (χ3n) is 5.01. The van der Waals surface area contributed by atoms with Gasteiger partial charge in [-0.05, 0) is 65.6 Å². The van der Waals surface area contributed by atoms with Gasteiger partial charge in [0.2, 0.25) is 0 Å². The van der Waals surface area contributed by atoms with Crippen LogP contribution in [0.15, 0.2) is 66.7 Å². The third kappa shape index (κ3) is 5.75. The Bertz CT molecular complexity index is 1260. The van der Waals surface area contributed by atoms with Crippen LogP contribution in [0.1, 0.15) is 29.0 Å². The Kier molecular flexibility index (Phi) is 7.00. The molecular weight excluding hydrogens is 441 g/mol. The minimum Gasteiger partial charge on any atom is -0.493 e. The first-order valence-electron chi connectivity index (χ1n) is 10.4. The van der Waals surface area contributed by atoms with E-state index < -0.39 is 5.97 Å². The molecule has 0 radical (unpaired) electrons. The number of carboxylic acid groups (broad SMARTS) is 1. The molecule has 3 aromatic carbocycles. The maximum atomic E-state index is 13.1. The van der Waals surface area contributed by atoms with Gasteiger partial charge < -0.3 is 14.6 Å². The van der Waals surface area contributed by atoms with E-state index in [2.05, 4.69) is 0 Å². The Morgan fingerprint density at radius 2 is 1.85 bits per heavy atom. The molecule has 0 saturated carbocycles. The molecule has 33 heavy (non-hydrogen) atoms. The summed E-state index contributed by atoms with van der Waals surface area (Å²) in [5, 5.41) is 10.00. The van der Waals surface area contributed by atoms with E-state index in [-0.39, 0.29) is 18.8 Å². The van der Waals surface area contributed by atoms with Gasteiger partial charge in [-0.15, -0.1) is 11.3 Å². The average molecular weight is 464 g/mol. The van der Waals surface area contributed by atoms with E-state index in [0.29, 0.717) is 17.9 Å². The number of rotatable bonds is 9. The van der Waals surface area contributed by atoms with Crippen LogP contribution in [0.2, 0.25) is 0 Å². The molecule has 5 nitrogen and oxygen atoms in total. The number of benzene rings is 3. The zero-order chi connectivity index (χ0) is 23.2. The zero-order valence-electron chi connectivity index (χ0n) is 18.0. The van der Waals surface area contributed by atoms with Crippen LogP contribution in [-0.2, 0) is 11.4 Å². The third-order valence-corrected chi connectivity index (χ3v) is 6.12. The van der Waals surface area contributed by atoms with Crippen molar-refractivity contribution in [3.8, 4) is 11.5 Å². The Labute approximate surface area is 194 Å². The Morgan fingerprint density at radius 3 is 2.58 bits per heavy atom. The molecule has 1 N–H and O–H groups in total. The van der Waals surface area contributed by atoms with E-state index >= 15 is 0 Å². The molecule has 7 heteroatoms. The highest BCUT2D eigenvalue weighted by Gasteiger charge is 2.12. The molecule has 0 atom stereocenters. The molecule has 1 aromatic heterocycles. The molecule has 0 saturated heterocycles. The largest absolute Gasteiger partial charge is 0.493 e. The summed E-state index contributed by atoms with van der Waals surface area (Å²) < 4.78 is 25.5. The van der Waals surface area contributed by atoms with E-state index in [9.17, 15) is 14.3 Å². The summed E-state index contributed by atoms with van der Waals surface area (Å²) in [6.45, 7) is 0.279. The quantitative estimate of drug-likeness (QED) is 0.310. The first-order chi connectivity index (χ1) is 16.0. The Hall–Kier alpha value is -3.71. The fraction of sp³-hybridized carbons (Fsp3) is 0.154. The lowest BCUT2D eigenvalue weighted by Crippen LogP contribution is -1.98. The van der Waals surface area contributed by atoms with E-state index in [1.54, 1.807) is 36.6 Å². The number of nitrogens with zero attached hydrogens (tertiary/aromatic N) is 1. The molecule has 0 aliphatic heterocycles. The monoisotopic (exact) mass is 463 g/mol. The summed E-state index contributed by atoms with van der Waals surface area (Å²) >= 11 is 1.54. The van der Waals surface area contributed by atoms with Crippen LogP contribution in [0.3, 0.4) is 0 Å². The van der Waals surface area contributed by atoms with Crippen molar-refractivity contribution in [3.63, 3.8) is 0 Å². The van der Waals surface area contributed by atoms with Gasteiger partial charge in [0, 0.05) is 6.42 Å². The van der Waals surface area contributed by atoms with Crippen molar-refractivity contribution in [3.05, 3.63) is 88.7 Å². The van der Waals surface area contributed by atoms with Crippen molar-refractivity contribution in [1.29, 1.82) is 0 Å². The number of ether oxygens (including phenoxy) is 2. The average Bonchev–Trinajstić information content (AvgIpc) is 3.26. The van der Waals surface area contributed by atoms with E-state index in [0.717, 1.165) is 31.9 Å². The summed E-state index contributed by atoms with van der Waals surface area (Å²) in [6.07, 6.45) is 2.31. The normalized spacial score (nSPS) is 11.5. The number of fused-ring (bicyclic) bond motifs is 1. The van der Waals surface area contributed by atoms with Crippen LogP contribution in [0.5, 0.6) is 11.5 Å². The second-order valence-corrected chi connectivity index (χ2v) is 8.41. The number of allylic oxidation sites excluding steroid dienone is 1. The van der Waals surface area contributed by atoms with Crippen molar-refractivity contribution in [2.75, 3.05) is 7.11 Å². The molecule has 0 bridgehead atoms. The molecule has 168 valence electrons. The van der Waals surface area contributed by atoms with E-state index in [1.807, 2.05) is 42.5 Å². The highest BCUT2D eigenvalue weighted by Crippen LogP contribution is 2.34. The van der Waals surface area contributed by atoms with Gasteiger partial charge in [0.1, 0.15) is 17.4 Å². The smallest absolute Gasteiger partial charge is 0.303 e. The molecule has 0 aliphatic carbocycles. The molecule has 0 aliphatic rings. The summed E-state index contributed by atoms with van der Waals surface area (Å²) in [5.41, 5.74) is 3.43. The molecule has 0 unspecified atom stereocenters. The first-order valence-corrected chi connectivity index (χ1v) is 11.2. The van der Waals surface area contributed by atoms with Crippen molar-refractivity contribution in [1.82, 2.24) is 4.98 Å². The van der Waals surface area contributed by atoms with Crippen LogP contribution in [0.4, 0.5) is 4.39 Å². The summed E-state index contributed by atoms with van der Waals surface area (Å²) in [6, 6.07) is 19.5. The lowest BCUT2D eigenvalue weighted by atomic mass is 10.1. The van der Waals surface area contributed by atoms with E-state index in [1.165, 1.54) is 12.1 Å². The number of aromatic nitrogens is 1. The summed E-state index contributed by atoms with van der Waals surface area (Å²) in [7, 11) is 1.56. The van der Waals surface area contributed by atoms with Gasteiger partial charge in [-0.2, -0.15) is 0 Å². The first kappa shape index (κ1) is 22.5. The molecular formula is C26H22FNO4S. The van der Waals surface area contributed by atoms with Gasteiger partial charge in [0.15, 0.2) is 11.5 Å². The van der Waals surface area contributed by atoms with Crippen molar-refractivity contribution >= 4 is 39.2 Å². The fourth-order valence-corrected chi connectivity index (χ4v) is 4.34. The lowest BCUT2D eigenvalue weighted by Gasteiger charge is -2.12. The van der Waals surface area contributed by atoms with Gasteiger partial charge in [-0.1, -0.05) is 30.3 Å². The number of thiazole rings is 1. The molecule has 0 spiro atoms. The van der Waals surface area contributed by atoms with Crippen molar-refractivity contribution in [2.45, 2.75) is 19.4 Å². The van der Waals surface area contributed by atoms with Gasteiger partial charge >= 0.3 is 5.97 Å². The highest BCUT2D eigenvalue weighted by molar-refractivity contribution is 7.19. The zero-order valence-corrected chi connectivity index (χ0v) is 18.8. The maximum absolute atomic E-state index is 13.1. The van der Waals surface area contributed by atoms with Gasteiger partial charge in [0.05, 0.1) is 17.3 Å². The number of aliphatic carboxylic acids is 1. The van der Waals surface area contributed by atoms with Crippen LogP contribution >= 0.6 is 11.3 Å².